The number of carbonyl (C=O) groups excluding carboxylic acids is 1. The van der Waals surface area contributed by atoms with Crippen LogP contribution in [0, 0.1) is 6.92 Å². The average Bonchev–Trinajstić information content (AvgIpc) is 2.37. The zero-order valence-corrected chi connectivity index (χ0v) is 12.0. The molecule has 0 saturated heterocycles. The van der Waals surface area contributed by atoms with Gasteiger partial charge in [0.2, 0.25) is 0 Å². The van der Waals surface area contributed by atoms with Gasteiger partial charge in [-0.1, -0.05) is 24.6 Å². The van der Waals surface area contributed by atoms with Gasteiger partial charge in [0.1, 0.15) is 6.04 Å². The van der Waals surface area contributed by atoms with Crippen molar-refractivity contribution in [2.75, 3.05) is 11.5 Å². The van der Waals surface area contributed by atoms with Crippen molar-refractivity contribution in [2.45, 2.75) is 26.3 Å². The number of carboxylic acid groups (broad SMARTS) is 1. The minimum absolute atomic E-state index is 0.336. The fourth-order valence-corrected chi connectivity index (χ4v) is 2.32. The Morgan fingerprint density at radius 3 is 2.74 bits per heavy atom. The Morgan fingerprint density at radius 2 is 2.16 bits per heavy atom. The number of aliphatic carboxylic acids is 1. The Morgan fingerprint density at radius 1 is 1.42 bits per heavy atom. The summed E-state index contributed by atoms with van der Waals surface area (Å²) in [6.07, 6.45) is 0.436. The first-order valence-electron chi connectivity index (χ1n) is 6.22. The summed E-state index contributed by atoms with van der Waals surface area (Å²) in [5, 5.41) is 11.7. The summed E-state index contributed by atoms with van der Waals surface area (Å²) < 4.78 is 0. The Balaban J connectivity index is 2.63. The predicted molar refractivity (Wildman–Crippen MR) is 77.7 cm³/mol. The van der Waals surface area contributed by atoms with Crippen molar-refractivity contribution < 1.29 is 14.7 Å². The van der Waals surface area contributed by atoms with E-state index >= 15 is 0 Å². The molecule has 1 rings (SSSR count). The van der Waals surface area contributed by atoms with E-state index < -0.39 is 12.0 Å². The summed E-state index contributed by atoms with van der Waals surface area (Å²) in [7, 11) is 0. The van der Waals surface area contributed by atoms with Gasteiger partial charge in [-0.15, -0.1) is 0 Å². The molecule has 1 amide bonds. The highest BCUT2D eigenvalue weighted by atomic mass is 32.2. The Bertz CT molecular complexity index is 448. The molecule has 104 valence electrons. The molecule has 1 aromatic carbocycles. The fraction of sp³-hybridized carbons (Fsp3) is 0.429. The second-order valence-corrected chi connectivity index (χ2v) is 5.61. The minimum Gasteiger partial charge on any atom is -0.480 e. The lowest BCUT2D eigenvalue weighted by atomic mass is 10.1. The highest BCUT2D eigenvalue weighted by Crippen LogP contribution is 2.07. The summed E-state index contributed by atoms with van der Waals surface area (Å²) in [6.45, 7) is 3.91. The zero-order chi connectivity index (χ0) is 14.3. The molecule has 0 bridgehead atoms. The lowest BCUT2D eigenvalue weighted by molar-refractivity contribution is -0.139. The van der Waals surface area contributed by atoms with Gasteiger partial charge in [-0.25, -0.2) is 4.79 Å². The van der Waals surface area contributed by atoms with Crippen molar-refractivity contribution in [3.05, 3.63) is 35.4 Å². The van der Waals surface area contributed by atoms with E-state index in [1.165, 1.54) is 0 Å². The van der Waals surface area contributed by atoms with E-state index in [1.807, 2.05) is 19.9 Å². The summed E-state index contributed by atoms with van der Waals surface area (Å²) in [5.74, 6) is 0.343. The number of carbonyl (C=O) groups is 2. The van der Waals surface area contributed by atoms with Crippen LogP contribution in [0.2, 0.25) is 0 Å². The average molecular weight is 281 g/mol. The molecule has 0 aliphatic rings. The maximum absolute atomic E-state index is 12.0. The number of amides is 1. The van der Waals surface area contributed by atoms with E-state index in [1.54, 1.807) is 30.0 Å². The first-order valence-corrected chi connectivity index (χ1v) is 7.38. The van der Waals surface area contributed by atoms with E-state index in [-0.39, 0.29) is 5.91 Å². The largest absolute Gasteiger partial charge is 0.480 e. The lowest BCUT2D eigenvalue weighted by Crippen LogP contribution is -2.41. The highest BCUT2D eigenvalue weighted by molar-refractivity contribution is 7.99. The van der Waals surface area contributed by atoms with Crippen LogP contribution < -0.4 is 5.32 Å². The van der Waals surface area contributed by atoms with Crippen molar-refractivity contribution >= 4 is 23.6 Å². The number of nitrogens with one attached hydrogen (secondary N) is 1. The fourth-order valence-electron chi connectivity index (χ4n) is 1.63. The Kier molecular flexibility index (Phi) is 6.42. The summed E-state index contributed by atoms with van der Waals surface area (Å²) in [6, 6.07) is 6.28. The van der Waals surface area contributed by atoms with Gasteiger partial charge in [0.25, 0.3) is 5.91 Å². The smallest absolute Gasteiger partial charge is 0.326 e. The molecule has 4 nitrogen and oxygen atoms in total. The Hall–Kier alpha value is -1.49. The van der Waals surface area contributed by atoms with Crippen LogP contribution in [0.4, 0.5) is 0 Å². The SMILES string of the molecule is CCSCC[C@H](NC(=O)c1cccc(C)c1)C(=O)O. The van der Waals surface area contributed by atoms with Crippen LogP contribution in [0.15, 0.2) is 24.3 Å². The van der Waals surface area contributed by atoms with Crippen LogP contribution in [0.5, 0.6) is 0 Å². The monoisotopic (exact) mass is 281 g/mol. The zero-order valence-electron chi connectivity index (χ0n) is 11.2. The number of aryl methyl sites for hydroxylation is 1. The van der Waals surface area contributed by atoms with Crippen LogP contribution in [0.1, 0.15) is 29.3 Å². The van der Waals surface area contributed by atoms with Gasteiger partial charge in [-0.05, 0) is 37.0 Å². The summed E-state index contributed by atoms with van der Waals surface area (Å²) in [5.41, 5.74) is 1.47. The molecular formula is C14H19NO3S. The number of rotatable bonds is 7. The van der Waals surface area contributed by atoms with Crippen molar-refractivity contribution in [2.24, 2.45) is 0 Å². The molecule has 0 heterocycles. The number of thioether (sulfide) groups is 1. The molecule has 0 spiro atoms. The van der Waals surface area contributed by atoms with Crippen LogP contribution in [0.3, 0.4) is 0 Å². The maximum atomic E-state index is 12.0. The molecule has 0 fully saturated rings. The van der Waals surface area contributed by atoms with Gasteiger partial charge in [-0.2, -0.15) is 11.8 Å². The second kappa shape index (κ2) is 7.84. The molecule has 19 heavy (non-hydrogen) atoms. The van der Waals surface area contributed by atoms with E-state index in [0.29, 0.717) is 12.0 Å². The molecule has 0 radical (unpaired) electrons. The topological polar surface area (TPSA) is 66.4 Å². The molecule has 0 aliphatic heterocycles. The van der Waals surface area contributed by atoms with Gasteiger partial charge in [-0.3, -0.25) is 4.79 Å². The number of hydrogen-bond donors (Lipinski definition) is 2. The molecule has 0 aliphatic carbocycles. The molecule has 2 N–H and O–H groups in total. The first kappa shape index (κ1) is 15.6. The van der Waals surface area contributed by atoms with E-state index in [0.717, 1.165) is 17.1 Å². The molecule has 0 aromatic heterocycles. The van der Waals surface area contributed by atoms with Gasteiger partial charge in [0.15, 0.2) is 0 Å². The first-order chi connectivity index (χ1) is 9.04. The predicted octanol–water partition coefficient (Wildman–Crippen LogP) is 2.32. The van der Waals surface area contributed by atoms with E-state index in [4.69, 9.17) is 5.11 Å². The van der Waals surface area contributed by atoms with Crippen LogP contribution in [0.25, 0.3) is 0 Å². The van der Waals surface area contributed by atoms with E-state index in [2.05, 4.69) is 5.32 Å². The van der Waals surface area contributed by atoms with Crippen LogP contribution in [-0.4, -0.2) is 34.5 Å². The van der Waals surface area contributed by atoms with Crippen LogP contribution in [-0.2, 0) is 4.79 Å². The van der Waals surface area contributed by atoms with Crippen molar-refractivity contribution in [1.29, 1.82) is 0 Å². The van der Waals surface area contributed by atoms with Crippen LogP contribution >= 0.6 is 11.8 Å². The number of benzene rings is 1. The minimum atomic E-state index is -0.988. The second-order valence-electron chi connectivity index (χ2n) is 4.22. The molecule has 1 atom stereocenters. The number of carboxylic acids is 1. The van der Waals surface area contributed by atoms with Gasteiger partial charge in [0, 0.05) is 5.56 Å². The van der Waals surface area contributed by atoms with Gasteiger partial charge >= 0.3 is 5.97 Å². The molecule has 1 aromatic rings. The lowest BCUT2D eigenvalue weighted by Gasteiger charge is -2.14. The van der Waals surface area contributed by atoms with Crippen molar-refractivity contribution in [3.8, 4) is 0 Å². The summed E-state index contributed by atoms with van der Waals surface area (Å²) >= 11 is 1.66. The third-order valence-electron chi connectivity index (χ3n) is 2.64. The molecule has 5 heteroatoms. The standard InChI is InChI=1S/C14H19NO3S/c1-3-19-8-7-12(14(17)18)15-13(16)11-6-4-5-10(2)9-11/h4-6,9,12H,3,7-8H2,1-2H3,(H,15,16)(H,17,18)/t12-/m0/s1. The maximum Gasteiger partial charge on any atom is 0.326 e. The Labute approximate surface area is 117 Å². The van der Waals surface area contributed by atoms with Crippen molar-refractivity contribution in [1.82, 2.24) is 5.32 Å². The van der Waals surface area contributed by atoms with Crippen molar-refractivity contribution in [3.63, 3.8) is 0 Å². The highest BCUT2D eigenvalue weighted by Gasteiger charge is 2.20. The van der Waals surface area contributed by atoms with E-state index in [9.17, 15) is 9.59 Å². The summed E-state index contributed by atoms with van der Waals surface area (Å²) in [4.78, 5) is 23.1. The molecule has 0 saturated carbocycles. The molecular weight excluding hydrogens is 262 g/mol. The third kappa shape index (κ3) is 5.34. The van der Waals surface area contributed by atoms with Gasteiger partial charge in [0.05, 0.1) is 0 Å². The normalized spacial score (nSPS) is 11.9. The quantitative estimate of drug-likeness (QED) is 0.753. The third-order valence-corrected chi connectivity index (χ3v) is 3.57. The van der Waals surface area contributed by atoms with Gasteiger partial charge < -0.3 is 10.4 Å². The molecule has 0 unspecified atom stereocenters. The number of hydrogen-bond acceptors (Lipinski definition) is 3.